The van der Waals surface area contributed by atoms with Crippen molar-refractivity contribution in [1.29, 1.82) is 0 Å². The quantitative estimate of drug-likeness (QED) is 0.654. The van der Waals surface area contributed by atoms with Crippen LogP contribution in [0.5, 0.6) is 0 Å². The number of aryl methyl sites for hydroxylation is 2. The van der Waals surface area contributed by atoms with Crippen LogP contribution in [0.3, 0.4) is 0 Å². The van der Waals surface area contributed by atoms with Gasteiger partial charge in [0.05, 0.1) is 0 Å². The Morgan fingerprint density at radius 2 is 1.84 bits per heavy atom. The van der Waals surface area contributed by atoms with Gasteiger partial charge in [0, 0.05) is 29.4 Å². The third kappa shape index (κ3) is 4.24. The van der Waals surface area contributed by atoms with Crippen molar-refractivity contribution in [1.82, 2.24) is 20.2 Å². The third-order valence-corrected chi connectivity index (χ3v) is 4.21. The Hall–Kier alpha value is -2.69. The Labute approximate surface area is 148 Å². The highest BCUT2D eigenvalue weighted by molar-refractivity contribution is 5.52. The Morgan fingerprint density at radius 1 is 1.04 bits per heavy atom. The maximum Gasteiger partial charge on any atom is 0.153 e. The molecule has 0 aliphatic heterocycles. The highest BCUT2D eigenvalue weighted by atomic mass is 15.2. The van der Waals surface area contributed by atoms with Crippen molar-refractivity contribution < 1.29 is 0 Å². The molecule has 2 aromatic heterocycles. The summed E-state index contributed by atoms with van der Waals surface area (Å²) in [5.74, 6) is 2.66. The number of aromatic amines is 1. The van der Waals surface area contributed by atoms with Gasteiger partial charge >= 0.3 is 0 Å². The third-order valence-electron chi connectivity index (χ3n) is 4.21. The first-order valence-electron chi connectivity index (χ1n) is 8.91. The predicted molar refractivity (Wildman–Crippen MR) is 101 cm³/mol. The molecule has 5 heteroatoms. The topological polar surface area (TPSA) is 66.5 Å². The predicted octanol–water partition coefficient (Wildman–Crippen LogP) is 4.75. The summed E-state index contributed by atoms with van der Waals surface area (Å²) in [6.45, 7) is 6.30. The first kappa shape index (κ1) is 17.1. The number of hydrogen-bond donors (Lipinski definition) is 2. The molecule has 0 aliphatic carbocycles. The van der Waals surface area contributed by atoms with Crippen molar-refractivity contribution in [3.05, 3.63) is 65.2 Å². The molecule has 0 saturated carbocycles. The van der Waals surface area contributed by atoms with Crippen molar-refractivity contribution in [2.24, 2.45) is 0 Å². The fourth-order valence-electron chi connectivity index (χ4n) is 2.95. The van der Waals surface area contributed by atoms with Crippen LogP contribution in [0, 0.1) is 6.92 Å². The molecule has 0 spiro atoms. The normalized spacial score (nSPS) is 12.1. The van der Waals surface area contributed by atoms with Crippen LogP contribution in [0.15, 0.2) is 42.5 Å². The molecule has 0 fully saturated rings. The Bertz CT molecular complexity index is 810. The van der Waals surface area contributed by atoms with Gasteiger partial charge in [0.25, 0.3) is 0 Å². The second-order valence-corrected chi connectivity index (χ2v) is 6.27. The van der Waals surface area contributed by atoms with Crippen LogP contribution in [0.2, 0.25) is 0 Å². The minimum absolute atomic E-state index is 0.208. The summed E-state index contributed by atoms with van der Waals surface area (Å²) < 4.78 is 0. The van der Waals surface area contributed by atoms with E-state index in [1.54, 1.807) is 0 Å². The SMILES string of the molecule is CCCC(c1ccccc1)c1nc(CC)cc(Nc2cc(C)[nH]n2)n1. The minimum atomic E-state index is 0.208. The summed E-state index contributed by atoms with van der Waals surface area (Å²) in [5, 5.41) is 10.5. The lowest BCUT2D eigenvalue weighted by atomic mass is 9.93. The number of nitrogens with one attached hydrogen (secondary N) is 2. The molecule has 0 aliphatic rings. The van der Waals surface area contributed by atoms with E-state index in [0.29, 0.717) is 0 Å². The molecule has 1 atom stereocenters. The molecule has 2 N–H and O–H groups in total. The standard InChI is InChI=1S/C20H25N5/c1-4-9-17(15-10-7-6-8-11-15)20-21-16(5-2)13-18(23-20)22-19-12-14(3)24-25-19/h6-8,10-13,17H,4-5,9H2,1-3H3,(H2,21,22,23,24,25). The molecule has 25 heavy (non-hydrogen) atoms. The summed E-state index contributed by atoms with van der Waals surface area (Å²) in [4.78, 5) is 9.62. The van der Waals surface area contributed by atoms with E-state index in [2.05, 4.69) is 53.6 Å². The van der Waals surface area contributed by atoms with Gasteiger partial charge in [-0.1, -0.05) is 50.6 Å². The number of hydrogen-bond acceptors (Lipinski definition) is 4. The summed E-state index contributed by atoms with van der Waals surface area (Å²) >= 11 is 0. The fraction of sp³-hybridized carbons (Fsp3) is 0.350. The highest BCUT2D eigenvalue weighted by Gasteiger charge is 2.18. The molecule has 1 unspecified atom stereocenters. The van der Waals surface area contributed by atoms with Crippen molar-refractivity contribution in [3.8, 4) is 0 Å². The summed E-state index contributed by atoms with van der Waals surface area (Å²) in [7, 11) is 0. The van der Waals surface area contributed by atoms with Crippen LogP contribution in [0.1, 0.15) is 55.4 Å². The smallest absolute Gasteiger partial charge is 0.153 e. The van der Waals surface area contributed by atoms with Crippen LogP contribution in [-0.2, 0) is 6.42 Å². The molecule has 2 heterocycles. The average molecular weight is 335 g/mol. The number of nitrogens with zero attached hydrogens (tertiary/aromatic N) is 3. The first-order chi connectivity index (χ1) is 12.2. The highest BCUT2D eigenvalue weighted by Crippen LogP contribution is 2.28. The van der Waals surface area contributed by atoms with Gasteiger partial charge in [0.2, 0.25) is 0 Å². The molecule has 0 bridgehead atoms. The molecule has 1 aromatic carbocycles. The molecular weight excluding hydrogens is 310 g/mol. The zero-order chi connectivity index (χ0) is 17.6. The average Bonchev–Trinajstić information content (AvgIpc) is 3.04. The van der Waals surface area contributed by atoms with Crippen LogP contribution >= 0.6 is 0 Å². The van der Waals surface area contributed by atoms with E-state index in [0.717, 1.165) is 48.1 Å². The van der Waals surface area contributed by atoms with Crippen LogP contribution < -0.4 is 5.32 Å². The Morgan fingerprint density at radius 3 is 2.48 bits per heavy atom. The summed E-state index contributed by atoms with van der Waals surface area (Å²) in [5.41, 5.74) is 3.32. The summed E-state index contributed by atoms with van der Waals surface area (Å²) in [6, 6.07) is 14.5. The maximum atomic E-state index is 4.81. The second-order valence-electron chi connectivity index (χ2n) is 6.27. The van der Waals surface area contributed by atoms with E-state index in [-0.39, 0.29) is 5.92 Å². The number of anilines is 2. The van der Waals surface area contributed by atoms with Gasteiger partial charge < -0.3 is 5.32 Å². The molecule has 5 nitrogen and oxygen atoms in total. The maximum absolute atomic E-state index is 4.81. The number of aromatic nitrogens is 4. The van der Waals surface area contributed by atoms with E-state index in [4.69, 9.17) is 9.97 Å². The molecule has 0 saturated heterocycles. The Balaban J connectivity index is 1.97. The largest absolute Gasteiger partial charge is 0.323 e. The van der Waals surface area contributed by atoms with Crippen molar-refractivity contribution in [2.45, 2.75) is 46.0 Å². The van der Waals surface area contributed by atoms with E-state index in [9.17, 15) is 0 Å². The van der Waals surface area contributed by atoms with E-state index in [1.165, 1.54) is 5.56 Å². The van der Waals surface area contributed by atoms with Gasteiger partial charge in [-0.05, 0) is 25.3 Å². The van der Waals surface area contributed by atoms with Crippen molar-refractivity contribution >= 4 is 11.6 Å². The fourth-order valence-corrected chi connectivity index (χ4v) is 2.95. The van der Waals surface area contributed by atoms with Crippen molar-refractivity contribution in [3.63, 3.8) is 0 Å². The van der Waals surface area contributed by atoms with Gasteiger partial charge in [-0.2, -0.15) is 5.10 Å². The lowest BCUT2D eigenvalue weighted by Crippen LogP contribution is -2.10. The molecule has 3 rings (SSSR count). The van der Waals surface area contributed by atoms with Gasteiger partial charge in [0.15, 0.2) is 5.82 Å². The molecular formula is C20H25N5. The van der Waals surface area contributed by atoms with Gasteiger partial charge in [-0.3, -0.25) is 5.10 Å². The summed E-state index contributed by atoms with van der Waals surface area (Å²) in [6.07, 6.45) is 2.98. The first-order valence-corrected chi connectivity index (χ1v) is 8.91. The minimum Gasteiger partial charge on any atom is -0.323 e. The van der Waals surface area contributed by atoms with Gasteiger partial charge in [-0.25, -0.2) is 9.97 Å². The number of H-pyrrole nitrogens is 1. The Kier molecular flexibility index (Phi) is 5.43. The van der Waals surface area contributed by atoms with Crippen LogP contribution in [0.4, 0.5) is 11.6 Å². The van der Waals surface area contributed by atoms with Gasteiger partial charge in [-0.15, -0.1) is 0 Å². The molecule has 0 radical (unpaired) electrons. The van der Waals surface area contributed by atoms with E-state index < -0.39 is 0 Å². The zero-order valence-corrected chi connectivity index (χ0v) is 15.1. The van der Waals surface area contributed by atoms with Gasteiger partial charge in [0.1, 0.15) is 11.6 Å². The zero-order valence-electron chi connectivity index (χ0n) is 15.1. The monoisotopic (exact) mass is 335 g/mol. The van der Waals surface area contributed by atoms with Crippen LogP contribution in [-0.4, -0.2) is 20.2 Å². The molecule has 130 valence electrons. The second kappa shape index (κ2) is 7.92. The van der Waals surface area contributed by atoms with E-state index >= 15 is 0 Å². The van der Waals surface area contributed by atoms with E-state index in [1.807, 2.05) is 25.1 Å². The lowest BCUT2D eigenvalue weighted by molar-refractivity contribution is 0.654. The molecule has 0 amide bonds. The number of benzene rings is 1. The van der Waals surface area contributed by atoms with Crippen molar-refractivity contribution in [2.75, 3.05) is 5.32 Å². The lowest BCUT2D eigenvalue weighted by Gasteiger charge is -2.17. The van der Waals surface area contributed by atoms with Crippen LogP contribution in [0.25, 0.3) is 0 Å². The number of rotatable bonds is 7. The molecule has 3 aromatic rings.